The Balaban J connectivity index is 1.68. The first-order valence-corrected chi connectivity index (χ1v) is 6.53. The molecular formula is C15H15N5O. The molecule has 0 aliphatic rings. The summed E-state index contributed by atoms with van der Waals surface area (Å²) < 4.78 is 6.94. The van der Waals surface area contributed by atoms with E-state index >= 15 is 0 Å². The summed E-state index contributed by atoms with van der Waals surface area (Å²) in [5.41, 5.74) is 2.03. The first-order chi connectivity index (χ1) is 10.4. The Morgan fingerprint density at radius 2 is 2.10 bits per heavy atom. The third kappa shape index (κ3) is 3.00. The molecule has 1 N–H and O–H groups in total. The van der Waals surface area contributed by atoms with Crippen LogP contribution in [0, 0.1) is 0 Å². The average Bonchev–Trinajstić information content (AvgIpc) is 3.08. The molecule has 0 amide bonds. The van der Waals surface area contributed by atoms with E-state index in [2.05, 4.69) is 20.4 Å². The summed E-state index contributed by atoms with van der Waals surface area (Å²) in [5, 5.41) is 7.36. The number of hydrogen-bond donors (Lipinski definition) is 1. The number of anilines is 1. The molecule has 0 unspecified atom stereocenters. The minimum Gasteiger partial charge on any atom is -0.496 e. The number of ether oxygens (including phenoxy) is 1. The summed E-state index contributed by atoms with van der Waals surface area (Å²) in [5.74, 6) is 1.60. The standard InChI is InChI=1S/C15H15N5O/c1-21-14-5-3-2-4-12(14)8-17-13-6-7-15(18-9-13)20-11-16-10-19-20/h2-7,9-11,17H,8H2,1H3. The van der Waals surface area contributed by atoms with Gasteiger partial charge in [0.25, 0.3) is 0 Å². The van der Waals surface area contributed by atoms with Gasteiger partial charge in [0.05, 0.1) is 19.0 Å². The molecule has 106 valence electrons. The minimum absolute atomic E-state index is 0.675. The van der Waals surface area contributed by atoms with Crippen molar-refractivity contribution in [1.82, 2.24) is 19.7 Å². The molecule has 0 spiro atoms. The second-order valence-electron chi connectivity index (χ2n) is 4.41. The third-order valence-electron chi connectivity index (χ3n) is 3.08. The van der Waals surface area contributed by atoms with Gasteiger partial charge in [0, 0.05) is 12.1 Å². The lowest BCUT2D eigenvalue weighted by molar-refractivity contribution is 0.410. The van der Waals surface area contributed by atoms with E-state index in [1.807, 2.05) is 36.4 Å². The molecule has 0 fully saturated rings. The summed E-state index contributed by atoms with van der Waals surface area (Å²) >= 11 is 0. The number of para-hydroxylation sites is 1. The van der Waals surface area contributed by atoms with Gasteiger partial charge in [-0.05, 0) is 18.2 Å². The summed E-state index contributed by atoms with van der Waals surface area (Å²) in [4.78, 5) is 8.24. The molecule has 0 bridgehead atoms. The first kappa shape index (κ1) is 13.1. The van der Waals surface area contributed by atoms with Crippen molar-refractivity contribution in [2.75, 3.05) is 12.4 Å². The average molecular weight is 281 g/mol. The highest BCUT2D eigenvalue weighted by molar-refractivity contribution is 5.45. The molecule has 2 aromatic heterocycles. The monoisotopic (exact) mass is 281 g/mol. The van der Waals surface area contributed by atoms with Crippen LogP contribution in [0.4, 0.5) is 5.69 Å². The van der Waals surface area contributed by atoms with Gasteiger partial charge < -0.3 is 10.1 Å². The van der Waals surface area contributed by atoms with Crippen molar-refractivity contribution in [3.8, 4) is 11.6 Å². The lowest BCUT2D eigenvalue weighted by Gasteiger charge is -2.10. The van der Waals surface area contributed by atoms with Gasteiger partial charge >= 0.3 is 0 Å². The quantitative estimate of drug-likeness (QED) is 0.777. The van der Waals surface area contributed by atoms with Gasteiger partial charge in [-0.2, -0.15) is 5.10 Å². The fraction of sp³-hybridized carbons (Fsp3) is 0.133. The molecule has 0 saturated heterocycles. The molecule has 6 nitrogen and oxygen atoms in total. The zero-order chi connectivity index (χ0) is 14.5. The Morgan fingerprint density at radius 3 is 2.81 bits per heavy atom. The summed E-state index contributed by atoms with van der Waals surface area (Å²) in [7, 11) is 1.67. The Bertz CT molecular complexity index is 694. The number of aromatic nitrogens is 4. The molecular weight excluding hydrogens is 266 g/mol. The van der Waals surface area contributed by atoms with E-state index in [1.54, 1.807) is 24.3 Å². The van der Waals surface area contributed by atoms with E-state index in [9.17, 15) is 0 Å². The fourth-order valence-electron chi connectivity index (χ4n) is 2.00. The molecule has 0 radical (unpaired) electrons. The Kier molecular flexibility index (Phi) is 3.77. The molecule has 1 aromatic carbocycles. The Hall–Kier alpha value is -2.89. The van der Waals surface area contributed by atoms with Crippen molar-refractivity contribution >= 4 is 5.69 Å². The van der Waals surface area contributed by atoms with Gasteiger partial charge in [-0.25, -0.2) is 14.6 Å². The predicted octanol–water partition coefficient (Wildman–Crippen LogP) is 2.28. The highest BCUT2D eigenvalue weighted by atomic mass is 16.5. The van der Waals surface area contributed by atoms with E-state index < -0.39 is 0 Å². The van der Waals surface area contributed by atoms with E-state index in [0.717, 1.165) is 22.8 Å². The van der Waals surface area contributed by atoms with Crippen LogP contribution < -0.4 is 10.1 Å². The maximum Gasteiger partial charge on any atom is 0.155 e. The largest absolute Gasteiger partial charge is 0.496 e. The van der Waals surface area contributed by atoms with Gasteiger partial charge in [-0.3, -0.25) is 0 Å². The molecule has 0 aliphatic heterocycles. The van der Waals surface area contributed by atoms with E-state index in [-0.39, 0.29) is 0 Å². The smallest absolute Gasteiger partial charge is 0.155 e. The van der Waals surface area contributed by atoms with Crippen LogP contribution in [0.15, 0.2) is 55.2 Å². The lowest BCUT2D eigenvalue weighted by Crippen LogP contribution is -2.03. The van der Waals surface area contributed by atoms with Gasteiger partial charge in [0.15, 0.2) is 5.82 Å². The van der Waals surface area contributed by atoms with Gasteiger partial charge in [0.2, 0.25) is 0 Å². The molecule has 0 atom stereocenters. The summed E-state index contributed by atoms with van der Waals surface area (Å²) in [6, 6.07) is 11.8. The molecule has 2 heterocycles. The molecule has 3 rings (SSSR count). The van der Waals surface area contributed by atoms with Gasteiger partial charge in [0.1, 0.15) is 18.4 Å². The molecule has 0 saturated carbocycles. The van der Waals surface area contributed by atoms with Crippen LogP contribution in [0.3, 0.4) is 0 Å². The number of nitrogens with zero attached hydrogens (tertiary/aromatic N) is 4. The van der Waals surface area contributed by atoms with Crippen molar-refractivity contribution < 1.29 is 4.74 Å². The highest BCUT2D eigenvalue weighted by Crippen LogP contribution is 2.19. The zero-order valence-electron chi connectivity index (χ0n) is 11.6. The van der Waals surface area contributed by atoms with Crippen LogP contribution in [0.25, 0.3) is 5.82 Å². The maximum atomic E-state index is 5.33. The van der Waals surface area contributed by atoms with Crippen molar-refractivity contribution in [2.45, 2.75) is 6.54 Å². The van der Waals surface area contributed by atoms with E-state index in [1.165, 1.54) is 6.33 Å². The van der Waals surface area contributed by atoms with Gasteiger partial charge in [-0.15, -0.1) is 0 Å². The molecule has 0 aliphatic carbocycles. The number of nitrogens with one attached hydrogen (secondary N) is 1. The van der Waals surface area contributed by atoms with Crippen LogP contribution in [0.5, 0.6) is 5.75 Å². The van der Waals surface area contributed by atoms with Crippen molar-refractivity contribution in [2.24, 2.45) is 0 Å². The van der Waals surface area contributed by atoms with Crippen molar-refractivity contribution in [3.05, 3.63) is 60.8 Å². The Labute approximate surface area is 122 Å². The van der Waals surface area contributed by atoms with Crippen molar-refractivity contribution in [1.29, 1.82) is 0 Å². The third-order valence-corrected chi connectivity index (χ3v) is 3.08. The zero-order valence-corrected chi connectivity index (χ0v) is 11.6. The summed E-state index contributed by atoms with van der Waals surface area (Å²) in [6.07, 6.45) is 4.87. The lowest BCUT2D eigenvalue weighted by atomic mass is 10.2. The second-order valence-corrected chi connectivity index (χ2v) is 4.41. The number of benzene rings is 1. The number of rotatable bonds is 5. The van der Waals surface area contributed by atoms with Crippen LogP contribution in [-0.4, -0.2) is 26.9 Å². The molecule has 3 aromatic rings. The van der Waals surface area contributed by atoms with Crippen molar-refractivity contribution in [3.63, 3.8) is 0 Å². The second kappa shape index (κ2) is 6.04. The minimum atomic E-state index is 0.675. The maximum absolute atomic E-state index is 5.33. The highest BCUT2D eigenvalue weighted by Gasteiger charge is 2.02. The molecule has 21 heavy (non-hydrogen) atoms. The number of pyridine rings is 1. The van der Waals surface area contributed by atoms with E-state index in [0.29, 0.717) is 6.54 Å². The topological polar surface area (TPSA) is 64.9 Å². The van der Waals surface area contributed by atoms with Crippen LogP contribution in [0.2, 0.25) is 0 Å². The molecule has 6 heteroatoms. The number of methoxy groups -OCH3 is 1. The Morgan fingerprint density at radius 1 is 1.19 bits per heavy atom. The first-order valence-electron chi connectivity index (χ1n) is 6.53. The SMILES string of the molecule is COc1ccccc1CNc1ccc(-n2cncn2)nc1. The normalized spacial score (nSPS) is 10.3. The van der Waals surface area contributed by atoms with Crippen LogP contribution >= 0.6 is 0 Å². The predicted molar refractivity (Wildman–Crippen MR) is 79.5 cm³/mol. The van der Waals surface area contributed by atoms with Crippen LogP contribution in [0.1, 0.15) is 5.56 Å². The summed E-state index contributed by atoms with van der Waals surface area (Å²) in [6.45, 7) is 0.675. The van der Waals surface area contributed by atoms with Gasteiger partial charge in [-0.1, -0.05) is 18.2 Å². The fourth-order valence-corrected chi connectivity index (χ4v) is 2.00. The number of hydrogen-bond acceptors (Lipinski definition) is 5. The van der Waals surface area contributed by atoms with Crippen LogP contribution in [-0.2, 0) is 6.54 Å². The van der Waals surface area contributed by atoms with E-state index in [4.69, 9.17) is 4.74 Å².